The molecule has 22 N–H and O–H groups in total. The van der Waals surface area contributed by atoms with Crippen LogP contribution in [0.4, 0.5) is 0 Å². The monoisotopic (exact) mass is 1350 g/mol. The minimum Gasteiger partial charge on any atom is -0.370 e. The molecule has 31 nitrogen and oxygen atoms in total. The highest BCUT2D eigenvalue weighted by molar-refractivity contribution is 7.98. The van der Waals surface area contributed by atoms with Gasteiger partial charge >= 0.3 is 0 Å². The summed E-state index contributed by atoms with van der Waals surface area (Å²) in [5, 5.41) is 21.1. The number of nitrogens with one attached hydrogen (secondary N) is 8. The van der Waals surface area contributed by atoms with Gasteiger partial charge in [-0.05, 0) is 119 Å². The third kappa shape index (κ3) is 27.5. The van der Waals surface area contributed by atoms with Crippen LogP contribution in [0, 0.1) is 5.92 Å². The lowest BCUT2D eigenvalue weighted by atomic mass is 10.0. The number of carbonyl (C=O) groups is 13. The van der Waals surface area contributed by atoms with Gasteiger partial charge in [0.25, 0.3) is 0 Å². The molecule has 2 aromatic carbocycles. The summed E-state index contributed by atoms with van der Waals surface area (Å²) in [6.45, 7) is 3.86. The Kier molecular flexibility index (Phi) is 33.9. The second-order valence-corrected chi connectivity index (χ2v) is 25.1. The zero-order valence-electron chi connectivity index (χ0n) is 54.5. The number of hydrogen-bond acceptors (Lipinski definition) is 17. The molecule has 0 aromatic heterocycles. The minimum atomic E-state index is -1.64. The number of primary amides is 3. The molecular formula is C63H98N18O13S. The maximum atomic E-state index is 14.7. The van der Waals surface area contributed by atoms with E-state index in [-0.39, 0.29) is 83.0 Å². The number of guanidine groups is 1. The number of rotatable bonds is 42. The Bertz CT molecular complexity index is 2960. The summed E-state index contributed by atoms with van der Waals surface area (Å²) >= 11 is 1.45. The first-order valence-corrected chi connectivity index (χ1v) is 33.6. The van der Waals surface area contributed by atoms with E-state index in [2.05, 4.69) is 47.5 Å². The smallest absolute Gasteiger partial charge is 0.245 e. The first-order valence-electron chi connectivity index (χ1n) is 32.2. The van der Waals surface area contributed by atoms with E-state index in [1.807, 2.05) is 20.1 Å². The maximum absolute atomic E-state index is 14.7. The average molecular weight is 1350 g/mol. The standard InChI is InChI=1S/C63H98N18O13S/c1-37(2)33-45(57(89)74-41(53(68)85)27-32-95-3)73-52(84)36-72-54(86)46(34-38-15-6-4-7-16-38)78-58(90)47(35-39-17-8-5-9-18-39)79-56(88)42(23-25-50(66)82)75-55(87)43(24-26-51(67)83)76-59(91)49-22-14-31-81(49)62(94)44(20-10-11-28-64)77-60(92)48-21-13-30-80(48)61(93)40(65)19-12-29-71-63(69)70/h4-9,15-18,37,40-49H,10-14,19-36,64-65H2,1-3H3,(H2,66,82)(H2,67,83)(H2,68,85)(H,72,86)(H,73,84)(H,74,89)(H,75,87)(H,76,91)(H,77,92)(H,78,90)(H,79,88)(H4,69,70,71)/t40-,41-,42+,43-,44+,45+,46-,47+,48-,49-/m0/s1. The number of carbonyl (C=O) groups excluding carboxylic acids is 13. The lowest BCUT2D eigenvalue weighted by Gasteiger charge is -2.32. The molecule has 0 aliphatic carbocycles. The predicted octanol–water partition coefficient (Wildman–Crippen LogP) is -3.71. The van der Waals surface area contributed by atoms with Crippen LogP contribution < -0.4 is 82.7 Å². The summed E-state index contributed by atoms with van der Waals surface area (Å²) in [6.07, 6.45) is 3.12. The average Bonchev–Trinajstić information content (AvgIpc) is 1.74. The number of benzene rings is 2. The molecule has 0 unspecified atom stereocenters. The van der Waals surface area contributed by atoms with Crippen molar-refractivity contribution in [3.05, 3.63) is 71.8 Å². The summed E-state index contributed by atoms with van der Waals surface area (Å²) in [4.78, 5) is 185. The van der Waals surface area contributed by atoms with Crippen molar-refractivity contribution in [2.24, 2.45) is 51.0 Å². The molecule has 13 amide bonds. The minimum absolute atomic E-state index is 0.0736. The van der Waals surface area contributed by atoms with E-state index in [1.54, 1.807) is 60.7 Å². The van der Waals surface area contributed by atoms with E-state index in [9.17, 15) is 62.3 Å². The van der Waals surface area contributed by atoms with Gasteiger partial charge in [0.1, 0.15) is 54.4 Å². The number of aliphatic imine (C=N–C) groups is 1. The van der Waals surface area contributed by atoms with Gasteiger partial charge in [0, 0.05) is 45.3 Å². The van der Waals surface area contributed by atoms with E-state index in [1.165, 1.54) is 21.6 Å². The molecule has 2 fully saturated rings. The molecule has 524 valence electrons. The first-order chi connectivity index (χ1) is 45.2. The van der Waals surface area contributed by atoms with Gasteiger partial charge in [-0.25, -0.2) is 0 Å². The van der Waals surface area contributed by atoms with Crippen LogP contribution in [0.1, 0.15) is 121 Å². The summed E-state index contributed by atoms with van der Waals surface area (Å²) in [6, 6.07) is 4.51. The molecule has 2 aliphatic rings. The number of amides is 13. The lowest BCUT2D eigenvalue weighted by Crippen LogP contribution is -2.60. The molecule has 32 heteroatoms. The van der Waals surface area contributed by atoms with Crippen LogP contribution in [0.25, 0.3) is 0 Å². The van der Waals surface area contributed by atoms with Gasteiger partial charge in [-0.15, -0.1) is 0 Å². The van der Waals surface area contributed by atoms with Crippen LogP contribution >= 0.6 is 11.8 Å². The van der Waals surface area contributed by atoms with Crippen LogP contribution in [0.2, 0.25) is 0 Å². The van der Waals surface area contributed by atoms with Crippen molar-refractivity contribution in [3.63, 3.8) is 0 Å². The number of likely N-dealkylation sites (tertiary alicyclic amines) is 2. The molecule has 2 heterocycles. The predicted molar refractivity (Wildman–Crippen MR) is 356 cm³/mol. The normalized spacial score (nSPS) is 16.8. The van der Waals surface area contributed by atoms with Gasteiger partial charge < -0.3 is 92.5 Å². The van der Waals surface area contributed by atoms with E-state index in [0.29, 0.717) is 55.4 Å². The fourth-order valence-corrected chi connectivity index (χ4v) is 11.5. The molecule has 0 bridgehead atoms. The molecule has 4 rings (SSSR count). The van der Waals surface area contributed by atoms with Crippen molar-refractivity contribution in [1.82, 2.24) is 52.3 Å². The summed E-state index contributed by atoms with van der Waals surface area (Å²) in [5.74, 6) is -9.80. The fraction of sp³-hybridized carbons (Fsp3) is 0.587. The fourth-order valence-electron chi connectivity index (χ4n) is 11.0. The number of nitrogens with zero attached hydrogens (tertiary/aromatic N) is 3. The molecule has 2 aromatic rings. The van der Waals surface area contributed by atoms with Crippen LogP contribution in [-0.4, -0.2) is 198 Å². The zero-order chi connectivity index (χ0) is 70.1. The molecule has 95 heavy (non-hydrogen) atoms. The Morgan fingerprint density at radius 2 is 1.01 bits per heavy atom. The number of thioether (sulfide) groups is 1. The molecular weight excluding hydrogens is 1250 g/mol. The Morgan fingerprint density at radius 3 is 1.51 bits per heavy atom. The van der Waals surface area contributed by atoms with Crippen molar-refractivity contribution >= 4 is 94.5 Å². The van der Waals surface area contributed by atoms with Gasteiger partial charge in [-0.1, -0.05) is 74.5 Å². The summed E-state index contributed by atoms with van der Waals surface area (Å²) in [5.41, 5.74) is 40.6. The lowest BCUT2D eigenvalue weighted by molar-refractivity contribution is -0.144. The third-order valence-electron chi connectivity index (χ3n) is 16.0. The molecule has 0 radical (unpaired) electrons. The zero-order valence-corrected chi connectivity index (χ0v) is 55.3. The van der Waals surface area contributed by atoms with Crippen molar-refractivity contribution in [2.75, 3.05) is 44.7 Å². The highest BCUT2D eigenvalue weighted by Gasteiger charge is 2.42. The number of unbranched alkanes of at least 4 members (excludes halogenated alkanes) is 1. The Morgan fingerprint density at radius 1 is 0.537 bits per heavy atom. The molecule has 0 saturated carbocycles. The summed E-state index contributed by atoms with van der Waals surface area (Å²) in [7, 11) is 0. The Balaban J connectivity index is 1.56. The third-order valence-corrected chi connectivity index (χ3v) is 16.7. The first kappa shape index (κ1) is 78.5. The maximum Gasteiger partial charge on any atom is 0.245 e. The quantitative estimate of drug-likeness (QED) is 0.0173. The van der Waals surface area contributed by atoms with E-state index >= 15 is 0 Å². The van der Waals surface area contributed by atoms with Crippen molar-refractivity contribution < 1.29 is 62.3 Å². The molecule has 0 spiro atoms. The highest BCUT2D eigenvalue weighted by atomic mass is 32.2. The second-order valence-electron chi connectivity index (χ2n) is 24.1. The van der Waals surface area contributed by atoms with Crippen molar-refractivity contribution in [1.29, 1.82) is 0 Å². The van der Waals surface area contributed by atoms with Crippen LogP contribution in [0.5, 0.6) is 0 Å². The van der Waals surface area contributed by atoms with Crippen LogP contribution in [0.15, 0.2) is 65.7 Å². The van der Waals surface area contributed by atoms with E-state index in [4.69, 9.17) is 40.1 Å². The SMILES string of the molecule is CSCC[C@H](NC(=O)[C@@H](CC(C)C)NC(=O)CNC(=O)[C@H](Cc1ccccc1)NC(=O)[C@@H](Cc1ccccc1)NC(=O)[C@@H](CCC(N)=O)NC(=O)[C@H](CCC(N)=O)NC(=O)[C@@H]1CCCN1C(=O)[C@@H](CCCCN)NC(=O)[C@@H]1CCCN1C(=O)[C@@H](N)CCCN=C(N)N)C(N)=O. The van der Waals surface area contributed by atoms with Gasteiger partial charge in [0.2, 0.25) is 76.8 Å². The van der Waals surface area contributed by atoms with Gasteiger partial charge in [-0.3, -0.25) is 67.3 Å². The van der Waals surface area contributed by atoms with Crippen LogP contribution in [-0.2, 0) is 75.2 Å². The topological polar surface area (TPSA) is 519 Å². The Labute approximate surface area is 558 Å². The second kappa shape index (κ2) is 41.0. The Hall–Kier alpha value is -8.91. The molecule has 2 aliphatic heterocycles. The largest absolute Gasteiger partial charge is 0.370 e. The molecule has 10 atom stereocenters. The van der Waals surface area contributed by atoms with Gasteiger partial charge in [0.15, 0.2) is 5.96 Å². The van der Waals surface area contributed by atoms with Crippen molar-refractivity contribution in [2.45, 2.75) is 183 Å². The van der Waals surface area contributed by atoms with Gasteiger partial charge in [-0.2, -0.15) is 11.8 Å². The molecule has 2 saturated heterocycles. The summed E-state index contributed by atoms with van der Waals surface area (Å²) < 4.78 is 0. The highest BCUT2D eigenvalue weighted by Crippen LogP contribution is 2.24. The van der Waals surface area contributed by atoms with Crippen molar-refractivity contribution in [3.8, 4) is 0 Å². The number of nitrogens with two attached hydrogens (primary N) is 7. The number of hydrogen-bond donors (Lipinski definition) is 15. The van der Waals surface area contributed by atoms with E-state index < -0.39 is 169 Å². The van der Waals surface area contributed by atoms with E-state index in [0.717, 1.165) is 0 Å². The van der Waals surface area contributed by atoms with Crippen LogP contribution in [0.3, 0.4) is 0 Å². The van der Waals surface area contributed by atoms with Gasteiger partial charge in [0.05, 0.1) is 12.6 Å².